The van der Waals surface area contributed by atoms with Gasteiger partial charge in [0.1, 0.15) is 0 Å². The molecule has 0 aliphatic heterocycles. The van der Waals surface area contributed by atoms with E-state index in [9.17, 15) is 8.42 Å². The number of sulfonamides is 1. The second-order valence-electron chi connectivity index (χ2n) is 4.26. The molecule has 0 saturated heterocycles. The average Bonchev–Trinajstić information content (AvgIpc) is 2.81. The third-order valence-electron chi connectivity index (χ3n) is 2.82. The van der Waals surface area contributed by atoms with E-state index in [1.807, 2.05) is 17.7 Å². The molecule has 1 heterocycles. The molecule has 0 spiro atoms. The average molecular weight is 279 g/mol. The maximum absolute atomic E-state index is 11.9. The fourth-order valence-corrected chi connectivity index (χ4v) is 2.85. The number of nitrogens with zero attached hydrogens (tertiary/aromatic N) is 2. The summed E-state index contributed by atoms with van der Waals surface area (Å²) in [5.74, 6) is 0. The first kappa shape index (κ1) is 13.8. The van der Waals surface area contributed by atoms with E-state index in [1.54, 1.807) is 36.5 Å². The number of aryl methyl sites for hydroxylation is 2. The van der Waals surface area contributed by atoms with Gasteiger partial charge < -0.3 is 0 Å². The lowest BCUT2D eigenvalue weighted by molar-refractivity contribution is 0.546. The number of hydrogen-bond acceptors (Lipinski definition) is 3. The molecule has 0 bridgehead atoms. The third kappa shape index (κ3) is 3.65. The van der Waals surface area contributed by atoms with Crippen LogP contribution < -0.4 is 4.72 Å². The molecule has 1 aromatic heterocycles. The molecule has 0 aliphatic rings. The van der Waals surface area contributed by atoms with Crippen LogP contribution in [-0.2, 0) is 16.6 Å². The van der Waals surface area contributed by atoms with Crippen molar-refractivity contribution >= 4 is 10.0 Å². The van der Waals surface area contributed by atoms with E-state index in [2.05, 4.69) is 9.82 Å². The highest BCUT2D eigenvalue weighted by Gasteiger charge is 2.11. The van der Waals surface area contributed by atoms with Crippen molar-refractivity contribution in [2.45, 2.75) is 24.8 Å². The lowest BCUT2D eigenvalue weighted by Gasteiger charge is -2.07. The van der Waals surface area contributed by atoms with Crippen LogP contribution in [0.25, 0.3) is 0 Å². The number of rotatable bonds is 6. The van der Waals surface area contributed by atoms with Crippen molar-refractivity contribution in [2.24, 2.45) is 0 Å². The summed E-state index contributed by atoms with van der Waals surface area (Å²) < 4.78 is 28.3. The molecule has 0 fully saturated rings. The van der Waals surface area contributed by atoms with Crippen LogP contribution >= 0.6 is 0 Å². The van der Waals surface area contributed by atoms with Crippen molar-refractivity contribution in [3.8, 4) is 0 Å². The molecule has 19 heavy (non-hydrogen) atoms. The minimum Gasteiger partial charge on any atom is -0.270 e. The summed E-state index contributed by atoms with van der Waals surface area (Å²) in [5, 5.41) is 4.15. The summed E-state index contributed by atoms with van der Waals surface area (Å²) in [6.07, 6.45) is 2.44. The maximum Gasteiger partial charge on any atom is 0.240 e. The zero-order valence-electron chi connectivity index (χ0n) is 10.8. The number of nitrogens with one attached hydrogen (secondary N) is 1. The van der Waals surface area contributed by atoms with Crippen LogP contribution in [0.3, 0.4) is 0 Å². The summed E-state index contributed by atoms with van der Waals surface area (Å²) in [6.45, 7) is 3.08. The highest BCUT2D eigenvalue weighted by molar-refractivity contribution is 7.89. The van der Waals surface area contributed by atoms with E-state index in [-0.39, 0.29) is 0 Å². The Morgan fingerprint density at radius 3 is 2.58 bits per heavy atom. The van der Waals surface area contributed by atoms with E-state index in [0.29, 0.717) is 24.4 Å². The molecule has 1 N–H and O–H groups in total. The van der Waals surface area contributed by atoms with Crippen LogP contribution in [-0.4, -0.2) is 24.7 Å². The lowest BCUT2D eigenvalue weighted by atomic mass is 10.4. The fourth-order valence-electron chi connectivity index (χ4n) is 1.75. The van der Waals surface area contributed by atoms with Gasteiger partial charge in [-0.2, -0.15) is 5.10 Å². The zero-order valence-corrected chi connectivity index (χ0v) is 11.6. The van der Waals surface area contributed by atoms with Gasteiger partial charge >= 0.3 is 0 Å². The molecule has 1 aromatic carbocycles. The molecule has 0 atom stereocenters. The van der Waals surface area contributed by atoms with Gasteiger partial charge in [0.2, 0.25) is 10.0 Å². The second kappa shape index (κ2) is 5.99. The van der Waals surface area contributed by atoms with Gasteiger partial charge in [-0.25, -0.2) is 13.1 Å². The van der Waals surface area contributed by atoms with Crippen molar-refractivity contribution in [1.29, 1.82) is 0 Å². The van der Waals surface area contributed by atoms with Gasteiger partial charge in [-0.3, -0.25) is 4.68 Å². The Bertz CT molecular complexity index is 620. The Morgan fingerprint density at radius 1 is 1.21 bits per heavy atom. The van der Waals surface area contributed by atoms with Gasteiger partial charge in [0.15, 0.2) is 0 Å². The predicted molar refractivity (Wildman–Crippen MR) is 73.2 cm³/mol. The van der Waals surface area contributed by atoms with Gasteiger partial charge in [-0.1, -0.05) is 18.2 Å². The van der Waals surface area contributed by atoms with Crippen LogP contribution in [0.5, 0.6) is 0 Å². The molecule has 2 rings (SSSR count). The molecular weight excluding hydrogens is 262 g/mol. The van der Waals surface area contributed by atoms with E-state index >= 15 is 0 Å². The predicted octanol–water partition coefficient (Wildman–Crippen LogP) is 1.56. The Morgan fingerprint density at radius 2 is 1.95 bits per heavy atom. The Labute approximate surface area is 113 Å². The molecule has 5 nitrogen and oxygen atoms in total. The number of hydrogen-bond donors (Lipinski definition) is 1. The van der Waals surface area contributed by atoms with Crippen LogP contribution in [0.1, 0.15) is 12.1 Å². The summed E-state index contributed by atoms with van der Waals surface area (Å²) >= 11 is 0. The monoisotopic (exact) mass is 279 g/mol. The molecular formula is C13H17N3O2S. The highest BCUT2D eigenvalue weighted by atomic mass is 32.2. The van der Waals surface area contributed by atoms with Crippen LogP contribution in [0, 0.1) is 6.92 Å². The Balaban J connectivity index is 1.84. The summed E-state index contributed by atoms with van der Waals surface area (Å²) in [7, 11) is -3.39. The normalized spacial score (nSPS) is 11.6. The van der Waals surface area contributed by atoms with Crippen molar-refractivity contribution in [3.63, 3.8) is 0 Å². The second-order valence-corrected chi connectivity index (χ2v) is 6.03. The van der Waals surface area contributed by atoms with Gasteiger partial charge in [0, 0.05) is 25.0 Å². The van der Waals surface area contributed by atoms with Gasteiger partial charge in [0.25, 0.3) is 0 Å². The van der Waals surface area contributed by atoms with E-state index in [0.717, 1.165) is 5.69 Å². The highest BCUT2D eigenvalue weighted by Crippen LogP contribution is 2.07. The smallest absolute Gasteiger partial charge is 0.240 e. The minimum atomic E-state index is -3.39. The Hall–Kier alpha value is -1.66. The first-order valence-corrected chi connectivity index (χ1v) is 7.61. The number of aromatic nitrogens is 2. The zero-order chi connectivity index (χ0) is 13.7. The first-order valence-electron chi connectivity index (χ1n) is 6.13. The minimum absolute atomic E-state index is 0.297. The molecule has 0 unspecified atom stereocenters. The standard InChI is InChI=1S/C13H17N3O2S/c1-12-8-10-14-16(12)11-5-9-15-19(17,18)13-6-3-2-4-7-13/h2-4,6-8,10,15H,5,9,11H2,1H3. The van der Waals surface area contributed by atoms with E-state index < -0.39 is 10.0 Å². The van der Waals surface area contributed by atoms with Crippen molar-refractivity contribution in [3.05, 3.63) is 48.3 Å². The van der Waals surface area contributed by atoms with Gasteiger partial charge in [-0.05, 0) is 31.5 Å². The molecule has 0 saturated carbocycles. The third-order valence-corrected chi connectivity index (χ3v) is 4.30. The maximum atomic E-state index is 11.9. The molecule has 102 valence electrons. The van der Waals surface area contributed by atoms with Gasteiger partial charge in [0.05, 0.1) is 4.90 Å². The van der Waals surface area contributed by atoms with Crippen LogP contribution in [0.4, 0.5) is 0 Å². The molecule has 6 heteroatoms. The fraction of sp³-hybridized carbons (Fsp3) is 0.308. The van der Waals surface area contributed by atoms with Crippen molar-refractivity contribution < 1.29 is 8.42 Å². The van der Waals surface area contributed by atoms with Crippen LogP contribution in [0.2, 0.25) is 0 Å². The van der Waals surface area contributed by atoms with Crippen molar-refractivity contribution in [1.82, 2.24) is 14.5 Å². The SMILES string of the molecule is Cc1ccnn1CCCNS(=O)(=O)c1ccccc1. The lowest BCUT2D eigenvalue weighted by Crippen LogP contribution is -2.25. The largest absolute Gasteiger partial charge is 0.270 e. The quantitative estimate of drug-likeness (QED) is 0.816. The van der Waals surface area contributed by atoms with Crippen LogP contribution in [0.15, 0.2) is 47.5 Å². The van der Waals surface area contributed by atoms with Gasteiger partial charge in [-0.15, -0.1) is 0 Å². The summed E-state index contributed by atoms with van der Waals surface area (Å²) in [6, 6.07) is 10.3. The summed E-state index contributed by atoms with van der Waals surface area (Å²) in [4.78, 5) is 0.297. The summed E-state index contributed by atoms with van der Waals surface area (Å²) in [5.41, 5.74) is 1.07. The topological polar surface area (TPSA) is 64.0 Å². The van der Waals surface area contributed by atoms with E-state index in [1.165, 1.54) is 0 Å². The van der Waals surface area contributed by atoms with Crippen molar-refractivity contribution in [2.75, 3.05) is 6.54 Å². The molecule has 2 aromatic rings. The number of benzene rings is 1. The first-order chi connectivity index (χ1) is 9.09. The van der Waals surface area contributed by atoms with E-state index in [4.69, 9.17) is 0 Å². The molecule has 0 radical (unpaired) electrons. The molecule has 0 amide bonds. The Kier molecular flexibility index (Phi) is 4.34. The molecule has 0 aliphatic carbocycles.